The number of aromatic nitrogens is 2. The zero-order valence-electron chi connectivity index (χ0n) is 8.65. The zero-order chi connectivity index (χ0) is 12.5. The van der Waals surface area contributed by atoms with Crippen molar-refractivity contribution >= 4 is 0 Å². The molecule has 0 aliphatic heterocycles. The lowest BCUT2D eigenvalue weighted by Crippen LogP contribution is -2.04. The highest BCUT2D eigenvalue weighted by molar-refractivity contribution is 5.35. The molecule has 0 spiro atoms. The summed E-state index contributed by atoms with van der Waals surface area (Å²) in [5.41, 5.74) is 0.332. The van der Waals surface area contributed by atoms with E-state index in [0.717, 1.165) is 12.5 Å². The van der Waals surface area contributed by atoms with Gasteiger partial charge in [0.15, 0.2) is 5.69 Å². The highest BCUT2D eigenvalue weighted by Gasteiger charge is 2.33. The number of benzene rings is 1. The van der Waals surface area contributed by atoms with Crippen LogP contribution in [0.4, 0.5) is 13.2 Å². The van der Waals surface area contributed by atoms with Crippen molar-refractivity contribution < 1.29 is 18.3 Å². The van der Waals surface area contributed by atoms with Crippen molar-refractivity contribution in [2.24, 2.45) is 0 Å². The molecule has 0 radical (unpaired) electrons. The summed E-state index contributed by atoms with van der Waals surface area (Å²) in [7, 11) is 0. The number of aliphatic hydroxyl groups is 1. The molecule has 3 nitrogen and oxygen atoms in total. The number of hydrogen-bond donors (Lipinski definition) is 1. The van der Waals surface area contributed by atoms with Gasteiger partial charge in [-0.2, -0.15) is 13.2 Å². The van der Waals surface area contributed by atoms with Crippen molar-refractivity contribution in [2.75, 3.05) is 0 Å². The van der Waals surface area contributed by atoms with Crippen LogP contribution >= 0.6 is 0 Å². The monoisotopic (exact) mass is 242 g/mol. The van der Waals surface area contributed by atoms with Gasteiger partial charge in [-0.25, -0.2) is 4.98 Å². The Labute approximate surface area is 95.1 Å². The van der Waals surface area contributed by atoms with Gasteiger partial charge in [0.25, 0.3) is 0 Å². The summed E-state index contributed by atoms with van der Waals surface area (Å²) in [6.45, 7) is -0.0992. The average molecular weight is 242 g/mol. The second-order valence-corrected chi connectivity index (χ2v) is 3.49. The van der Waals surface area contributed by atoms with Crippen LogP contribution in [0.2, 0.25) is 0 Å². The van der Waals surface area contributed by atoms with Gasteiger partial charge in [-0.15, -0.1) is 0 Å². The van der Waals surface area contributed by atoms with E-state index in [1.165, 1.54) is 4.57 Å². The van der Waals surface area contributed by atoms with Crippen molar-refractivity contribution in [1.82, 2.24) is 9.55 Å². The van der Waals surface area contributed by atoms with Gasteiger partial charge >= 0.3 is 6.18 Å². The molecule has 0 aliphatic carbocycles. The second kappa shape index (κ2) is 4.21. The van der Waals surface area contributed by atoms with Crippen LogP contribution in [0.1, 0.15) is 11.3 Å². The lowest BCUT2D eigenvalue weighted by Gasteiger charge is -2.03. The third-order valence-electron chi connectivity index (χ3n) is 2.29. The predicted octanol–water partition coefficient (Wildman–Crippen LogP) is 2.38. The van der Waals surface area contributed by atoms with E-state index >= 15 is 0 Å². The Hall–Kier alpha value is -1.82. The Morgan fingerprint density at radius 3 is 2.29 bits per heavy atom. The number of hydrogen-bond acceptors (Lipinski definition) is 2. The van der Waals surface area contributed by atoms with Crippen LogP contribution in [-0.4, -0.2) is 14.7 Å². The van der Waals surface area contributed by atoms with Crippen molar-refractivity contribution in [2.45, 2.75) is 12.8 Å². The maximum Gasteiger partial charge on any atom is 0.434 e. The normalized spacial score (nSPS) is 11.8. The summed E-state index contributed by atoms with van der Waals surface area (Å²) in [5, 5.41) is 8.84. The summed E-state index contributed by atoms with van der Waals surface area (Å²) in [6.07, 6.45) is -2.40. The Bertz CT molecular complexity index is 502. The Kier molecular flexibility index (Phi) is 2.89. The summed E-state index contributed by atoms with van der Waals surface area (Å²) in [5.74, 6) is 0. The number of aliphatic hydroxyl groups excluding tert-OH is 1. The molecule has 0 saturated heterocycles. The van der Waals surface area contributed by atoms with Crippen LogP contribution in [0.15, 0.2) is 36.8 Å². The van der Waals surface area contributed by atoms with E-state index in [1.807, 2.05) is 0 Å². The number of imidazole rings is 1. The largest absolute Gasteiger partial charge is 0.434 e. The third-order valence-corrected chi connectivity index (χ3v) is 2.29. The number of alkyl halides is 3. The van der Waals surface area contributed by atoms with E-state index in [0.29, 0.717) is 11.3 Å². The minimum Gasteiger partial charge on any atom is -0.392 e. The van der Waals surface area contributed by atoms with Crippen LogP contribution in [-0.2, 0) is 12.8 Å². The molecule has 2 aromatic rings. The van der Waals surface area contributed by atoms with E-state index in [2.05, 4.69) is 4.98 Å². The summed E-state index contributed by atoms with van der Waals surface area (Å²) in [4.78, 5) is 3.30. The molecule has 1 N–H and O–H groups in total. The Morgan fingerprint density at radius 2 is 1.82 bits per heavy atom. The van der Waals surface area contributed by atoms with Crippen molar-refractivity contribution in [3.8, 4) is 5.69 Å². The molecule has 17 heavy (non-hydrogen) atoms. The fourth-order valence-electron chi connectivity index (χ4n) is 1.38. The van der Waals surface area contributed by atoms with Gasteiger partial charge in [0.2, 0.25) is 0 Å². The van der Waals surface area contributed by atoms with Crippen LogP contribution in [0.3, 0.4) is 0 Å². The first-order valence-electron chi connectivity index (χ1n) is 4.82. The molecule has 0 unspecified atom stereocenters. The molecule has 2 rings (SSSR count). The van der Waals surface area contributed by atoms with Gasteiger partial charge in [-0.05, 0) is 17.7 Å². The lowest BCUT2D eigenvalue weighted by molar-refractivity contribution is -0.140. The summed E-state index contributed by atoms with van der Waals surface area (Å²) in [6, 6.07) is 6.52. The summed E-state index contributed by atoms with van der Waals surface area (Å²) >= 11 is 0. The van der Waals surface area contributed by atoms with Gasteiger partial charge in [-0.1, -0.05) is 12.1 Å². The van der Waals surface area contributed by atoms with E-state index in [4.69, 9.17) is 5.11 Å². The fraction of sp³-hybridized carbons (Fsp3) is 0.182. The first-order chi connectivity index (χ1) is 8.00. The smallest absolute Gasteiger partial charge is 0.392 e. The molecule has 0 amide bonds. The molecule has 0 saturated carbocycles. The van der Waals surface area contributed by atoms with Crippen LogP contribution in [0.5, 0.6) is 0 Å². The Balaban J connectivity index is 2.30. The van der Waals surface area contributed by atoms with Crippen molar-refractivity contribution in [1.29, 1.82) is 0 Å². The molecule has 1 aromatic carbocycles. The quantitative estimate of drug-likeness (QED) is 0.878. The van der Waals surface area contributed by atoms with Crippen LogP contribution in [0.25, 0.3) is 5.69 Å². The lowest BCUT2D eigenvalue weighted by atomic mass is 10.2. The molecular formula is C11H9F3N2O. The minimum absolute atomic E-state index is 0.0992. The zero-order valence-corrected chi connectivity index (χ0v) is 8.65. The van der Waals surface area contributed by atoms with Gasteiger partial charge in [0.1, 0.15) is 0 Å². The number of nitrogens with zero attached hydrogens (tertiary/aromatic N) is 2. The SMILES string of the molecule is OCc1ccc(-n2cnc(C(F)(F)F)c2)cc1. The van der Waals surface area contributed by atoms with Crippen molar-refractivity contribution in [3.05, 3.63) is 48.0 Å². The Morgan fingerprint density at radius 1 is 1.18 bits per heavy atom. The standard InChI is InChI=1S/C11H9F3N2O/c12-11(13,14)10-5-16(7-15-10)9-3-1-8(6-17)2-4-9/h1-5,7,17H,6H2. The average Bonchev–Trinajstić information content (AvgIpc) is 2.78. The van der Waals surface area contributed by atoms with E-state index in [9.17, 15) is 13.2 Å². The highest BCUT2D eigenvalue weighted by Crippen LogP contribution is 2.28. The van der Waals surface area contributed by atoms with Gasteiger partial charge in [0, 0.05) is 11.9 Å². The molecule has 0 aliphatic rings. The molecule has 0 fully saturated rings. The van der Waals surface area contributed by atoms with Gasteiger partial charge in [-0.3, -0.25) is 0 Å². The second-order valence-electron chi connectivity index (χ2n) is 3.49. The molecule has 1 aromatic heterocycles. The molecule has 0 bridgehead atoms. The molecule has 0 atom stereocenters. The first kappa shape index (κ1) is 11.7. The van der Waals surface area contributed by atoms with Crippen LogP contribution in [0, 0.1) is 0 Å². The van der Waals surface area contributed by atoms with E-state index < -0.39 is 11.9 Å². The maximum absolute atomic E-state index is 12.3. The topological polar surface area (TPSA) is 38.0 Å². The van der Waals surface area contributed by atoms with Crippen molar-refractivity contribution in [3.63, 3.8) is 0 Å². The molecule has 6 heteroatoms. The van der Waals surface area contributed by atoms with Gasteiger partial charge < -0.3 is 9.67 Å². The number of rotatable bonds is 2. The summed E-state index contributed by atoms with van der Waals surface area (Å²) < 4.78 is 38.3. The van der Waals surface area contributed by atoms with E-state index in [-0.39, 0.29) is 6.61 Å². The molecule has 1 heterocycles. The predicted molar refractivity (Wildman–Crippen MR) is 54.5 cm³/mol. The fourth-order valence-corrected chi connectivity index (χ4v) is 1.38. The van der Waals surface area contributed by atoms with Crippen LogP contribution < -0.4 is 0 Å². The van der Waals surface area contributed by atoms with E-state index in [1.54, 1.807) is 24.3 Å². The number of halogens is 3. The van der Waals surface area contributed by atoms with Gasteiger partial charge in [0.05, 0.1) is 12.9 Å². The molecular weight excluding hydrogens is 233 g/mol. The maximum atomic E-state index is 12.3. The minimum atomic E-state index is -4.43. The highest BCUT2D eigenvalue weighted by atomic mass is 19.4. The first-order valence-corrected chi connectivity index (χ1v) is 4.82. The third kappa shape index (κ3) is 2.47. The molecule has 90 valence electrons.